The molecule has 0 radical (unpaired) electrons. The monoisotopic (exact) mass is 206 g/mol. The number of aromatic nitrogens is 3. The molecule has 5 nitrogen and oxygen atoms in total. The average molecular weight is 206 g/mol. The van der Waals surface area contributed by atoms with E-state index in [1.54, 1.807) is 30.9 Å². The summed E-state index contributed by atoms with van der Waals surface area (Å²) >= 11 is 0. The van der Waals surface area contributed by atoms with E-state index in [9.17, 15) is 4.79 Å². The lowest BCUT2D eigenvalue weighted by molar-refractivity contribution is -0.122. The first kappa shape index (κ1) is 11.2. The molecule has 0 saturated heterocycles. The molecule has 0 aliphatic rings. The van der Waals surface area contributed by atoms with E-state index in [1.165, 1.54) is 0 Å². The van der Waals surface area contributed by atoms with Crippen LogP contribution in [-0.2, 0) is 11.3 Å². The summed E-state index contributed by atoms with van der Waals surface area (Å²) in [6.45, 7) is 4.06. The first-order valence-corrected chi connectivity index (χ1v) is 4.66. The van der Waals surface area contributed by atoms with Crippen molar-refractivity contribution in [2.24, 2.45) is 0 Å². The van der Waals surface area contributed by atoms with Crippen molar-refractivity contribution in [3.05, 3.63) is 12.4 Å². The molecule has 0 spiro atoms. The maximum atomic E-state index is 11.4. The van der Waals surface area contributed by atoms with Crippen molar-refractivity contribution < 1.29 is 4.79 Å². The van der Waals surface area contributed by atoms with Crippen LogP contribution in [0.2, 0.25) is 0 Å². The average Bonchev–Trinajstić information content (AvgIpc) is 2.66. The van der Waals surface area contributed by atoms with Gasteiger partial charge in [-0.3, -0.25) is 9.48 Å². The molecule has 0 bridgehead atoms. The summed E-state index contributed by atoms with van der Waals surface area (Å²) in [5.41, 5.74) is -0.598. The van der Waals surface area contributed by atoms with Crippen LogP contribution in [0.3, 0.4) is 0 Å². The number of carbonyl (C=O) groups excluding carboxylic acids is 1. The topological polar surface area (TPSA) is 59.8 Å². The fourth-order valence-electron chi connectivity index (χ4n) is 1.02. The molecule has 0 unspecified atom stereocenters. The van der Waals surface area contributed by atoms with Gasteiger partial charge in [0.2, 0.25) is 5.91 Å². The number of carbonyl (C=O) groups is 1. The number of hydrogen-bond donors (Lipinski definition) is 1. The third-order valence-electron chi connectivity index (χ3n) is 1.85. The summed E-state index contributed by atoms with van der Waals surface area (Å²) in [5.74, 6) is 2.41. The SMILES string of the molecule is C#CC(C)(C)NC(=O)CCn1ccnn1. The van der Waals surface area contributed by atoms with Gasteiger partial charge in [-0.05, 0) is 13.8 Å². The Morgan fingerprint density at radius 2 is 2.40 bits per heavy atom. The Morgan fingerprint density at radius 1 is 1.67 bits per heavy atom. The largest absolute Gasteiger partial charge is 0.340 e. The Morgan fingerprint density at radius 3 is 2.93 bits per heavy atom. The first-order chi connectivity index (χ1) is 7.03. The summed E-state index contributed by atoms with van der Waals surface area (Å²) in [5, 5.41) is 10.1. The molecule has 1 rings (SSSR count). The first-order valence-electron chi connectivity index (χ1n) is 4.66. The predicted octanol–water partition coefficient (Wildman–Crippen LogP) is 0.196. The van der Waals surface area contributed by atoms with Crippen molar-refractivity contribution in [1.29, 1.82) is 0 Å². The highest BCUT2D eigenvalue weighted by molar-refractivity contribution is 5.77. The van der Waals surface area contributed by atoms with E-state index >= 15 is 0 Å². The number of amides is 1. The zero-order chi connectivity index (χ0) is 11.3. The van der Waals surface area contributed by atoms with E-state index in [4.69, 9.17) is 6.42 Å². The Labute approximate surface area is 88.9 Å². The lowest BCUT2D eigenvalue weighted by Gasteiger charge is -2.19. The fraction of sp³-hybridized carbons (Fsp3) is 0.500. The Balaban J connectivity index is 2.35. The molecule has 1 heterocycles. The molecule has 1 aromatic heterocycles. The molecule has 15 heavy (non-hydrogen) atoms. The molecule has 80 valence electrons. The molecular weight excluding hydrogens is 192 g/mol. The van der Waals surface area contributed by atoms with Crippen molar-refractivity contribution in [2.75, 3.05) is 0 Å². The molecule has 0 aromatic carbocycles. The van der Waals surface area contributed by atoms with Crippen molar-refractivity contribution in [2.45, 2.75) is 32.4 Å². The zero-order valence-electron chi connectivity index (χ0n) is 8.90. The second-order valence-electron chi connectivity index (χ2n) is 3.73. The predicted molar refractivity (Wildman–Crippen MR) is 55.7 cm³/mol. The van der Waals surface area contributed by atoms with Gasteiger partial charge in [-0.25, -0.2) is 0 Å². The van der Waals surface area contributed by atoms with Gasteiger partial charge in [0.05, 0.1) is 18.3 Å². The molecule has 5 heteroatoms. The van der Waals surface area contributed by atoms with Gasteiger partial charge in [0.15, 0.2) is 0 Å². The minimum absolute atomic E-state index is 0.0894. The summed E-state index contributed by atoms with van der Waals surface area (Å²) in [6.07, 6.45) is 8.88. The van der Waals surface area contributed by atoms with Crippen molar-refractivity contribution in [3.63, 3.8) is 0 Å². The van der Waals surface area contributed by atoms with Gasteiger partial charge in [0.1, 0.15) is 0 Å². The molecule has 0 aliphatic carbocycles. The molecule has 0 saturated carbocycles. The Kier molecular flexibility index (Phi) is 3.45. The highest BCUT2D eigenvalue weighted by atomic mass is 16.1. The van der Waals surface area contributed by atoms with E-state index in [1.807, 2.05) is 0 Å². The van der Waals surface area contributed by atoms with Gasteiger partial charge in [0, 0.05) is 12.6 Å². The quantitative estimate of drug-likeness (QED) is 0.716. The maximum absolute atomic E-state index is 11.4. The van der Waals surface area contributed by atoms with Gasteiger partial charge in [-0.15, -0.1) is 11.5 Å². The van der Waals surface area contributed by atoms with Crippen molar-refractivity contribution in [1.82, 2.24) is 20.3 Å². The molecular formula is C10H14N4O. The molecule has 1 aromatic rings. The Bertz CT molecular complexity index is 361. The summed E-state index contributed by atoms with van der Waals surface area (Å²) < 4.78 is 1.60. The number of nitrogens with one attached hydrogen (secondary N) is 1. The van der Waals surface area contributed by atoms with Crippen molar-refractivity contribution in [3.8, 4) is 12.3 Å². The van der Waals surface area contributed by atoms with Gasteiger partial charge in [-0.1, -0.05) is 11.1 Å². The van der Waals surface area contributed by atoms with Crippen LogP contribution in [0.25, 0.3) is 0 Å². The molecule has 1 N–H and O–H groups in total. The van der Waals surface area contributed by atoms with E-state index in [0.717, 1.165) is 0 Å². The van der Waals surface area contributed by atoms with E-state index in [2.05, 4.69) is 21.5 Å². The van der Waals surface area contributed by atoms with Gasteiger partial charge in [-0.2, -0.15) is 0 Å². The van der Waals surface area contributed by atoms with E-state index < -0.39 is 5.54 Å². The summed E-state index contributed by atoms with van der Waals surface area (Å²) in [6, 6.07) is 0. The number of nitrogens with zero attached hydrogens (tertiary/aromatic N) is 3. The maximum Gasteiger partial charge on any atom is 0.223 e. The van der Waals surface area contributed by atoms with Crippen LogP contribution in [0.4, 0.5) is 0 Å². The van der Waals surface area contributed by atoms with E-state index in [-0.39, 0.29) is 5.91 Å². The number of aryl methyl sites for hydroxylation is 1. The standard InChI is InChI=1S/C10H14N4O/c1-4-10(2,3)12-9(15)5-7-14-8-6-11-13-14/h1,6,8H,5,7H2,2-3H3,(H,12,15). The van der Waals surface area contributed by atoms with Crippen LogP contribution in [0.1, 0.15) is 20.3 Å². The normalized spacial score (nSPS) is 10.7. The molecule has 0 atom stereocenters. The summed E-state index contributed by atoms with van der Waals surface area (Å²) in [4.78, 5) is 11.4. The van der Waals surface area contributed by atoms with E-state index in [0.29, 0.717) is 13.0 Å². The number of hydrogen-bond acceptors (Lipinski definition) is 3. The smallest absolute Gasteiger partial charge is 0.223 e. The highest BCUT2D eigenvalue weighted by Crippen LogP contribution is 1.99. The van der Waals surface area contributed by atoms with Crippen LogP contribution in [-0.4, -0.2) is 26.4 Å². The van der Waals surface area contributed by atoms with Crippen LogP contribution >= 0.6 is 0 Å². The number of terminal acetylenes is 1. The lowest BCUT2D eigenvalue weighted by atomic mass is 10.1. The number of rotatable bonds is 4. The highest BCUT2D eigenvalue weighted by Gasteiger charge is 2.16. The fourth-order valence-corrected chi connectivity index (χ4v) is 1.02. The van der Waals surface area contributed by atoms with Crippen molar-refractivity contribution >= 4 is 5.91 Å². The van der Waals surface area contributed by atoms with Crippen LogP contribution in [0, 0.1) is 12.3 Å². The molecule has 1 amide bonds. The second-order valence-corrected chi connectivity index (χ2v) is 3.73. The van der Waals surface area contributed by atoms with Crippen LogP contribution in [0.15, 0.2) is 12.4 Å². The van der Waals surface area contributed by atoms with Crippen LogP contribution in [0.5, 0.6) is 0 Å². The second kappa shape index (κ2) is 4.60. The third kappa shape index (κ3) is 3.81. The summed E-state index contributed by atoms with van der Waals surface area (Å²) in [7, 11) is 0. The van der Waals surface area contributed by atoms with Crippen LogP contribution < -0.4 is 5.32 Å². The Hall–Kier alpha value is -1.83. The van der Waals surface area contributed by atoms with Gasteiger partial charge < -0.3 is 5.32 Å². The van der Waals surface area contributed by atoms with Gasteiger partial charge in [0.25, 0.3) is 0 Å². The zero-order valence-corrected chi connectivity index (χ0v) is 8.90. The lowest BCUT2D eigenvalue weighted by Crippen LogP contribution is -2.42. The minimum atomic E-state index is -0.598. The minimum Gasteiger partial charge on any atom is -0.340 e. The van der Waals surface area contributed by atoms with Gasteiger partial charge >= 0.3 is 0 Å². The molecule has 0 aliphatic heterocycles. The molecule has 0 fully saturated rings. The third-order valence-corrected chi connectivity index (χ3v) is 1.85.